The third-order valence-electron chi connectivity index (χ3n) is 6.72. The molecule has 2 atom stereocenters. The van der Waals surface area contributed by atoms with Crippen LogP contribution in [0.25, 0.3) is 0 Å². The van der Waals surface area contributed by atoms with Crippen LogP contribution in [-0.2, 0) is 25.5 Å². The molecule has 4 N–H and O–H groups in total. The zero-order valence-corrected chi connectivity index (χ0v) is 25.2. The number of nitrogens with zero attached hydrogens (tertiary/aromatic N) is 1. The maximum atomic E-state index is 14.0. The maximum Gasteiger partial charge on any atom is 0.408 e. The first kappa shape index (κ1) is 32.1. The SMILES string of the molecule is CC(C)(C)OC(=O)N[C@H](Cc1ccccc1)C(=O)N1CC2(C[C@H]1C(=O)NCCCCCCC(=O)NO)SCCS2. The smallest absolute Gasteiger partial charge is 0.408 e. The Morgan fingerprint density at radius 3 is 2.40 bits per heavy atom. The van der Waals surface area contributed by atoms with Crippen molar-refractivity contribution in [3.8, 4) is 0 Å². The Hall–Kier alpha value is -2.44. The fourth-order valence-electron chi connectivity index (χ4n) is 4.86. The normalized spacial score (nSPS) is 18.8. The summed E-state index contributed by atoms with van der Waals surface area (Å²) in [6.07, 6.45) is 3.49. The molecule has 10 nitrogen and oxygen atoms in total. The van der Waals surface area contributed by atoms with Gasteiger partial charge in [-0.1, -0.05) is 43.2 Å². The molecule has 2 fully saturated rings. The minimum Gasteiger partial charge on any atom is -0.444 e. The van der Waals surface area contributed by atoms with Gasteiger partial charge in [-0.05, 0) is 39.2 Å². The van der Waals surface area contributed by atoms with Crippen molar-refractivity contribution in [1.82, 2.24) is 21.0 Å². The Kier molecular flexibility index (Phi) is 12.0. The van der Waals surface area contributed by atoms with E-state index in [1.807, 2.05) is 30.3 Å². The fraction of sp³-hybridized carbons (Fsp3) is 0.643. The van der Waals surface area contributed by atoms with Crippen LogP contribution in [0, 0.1) is 0 Å². The van der Waals surface area contributed by atoms with Gasteiger partial charge in [0.2, 0.25) is 17.7 Å². The summed E-state index contributed by atoms with van der Waals surface area (Å²) in [5.74, 6) is 1.07. The highest BCUT2D eigenvalue weighted by atomic mass is 32.2. The van der Waals surface area contributed by atoms with Crippen molar-refractivity contribution in [2.24, 2.45) is 0 Å². The standard InChI is InChI=1S/C28H42N4O6S2/c1-27(2,3)38-26(36)30-21(17-20-11-7-6-8-12-20)25(35)32-19-28(39-15-16-40-28)18-22(32)24(34)29-14-10-5-4-9-13-23(33)31-37/h6-8,11-12,21-22,37H,4-5,9-10,13-19H2,1-3H3,(H,29,34)(H,30,36)(H,31,33)/t21-,22+/m1/s1. The first-order valence-electron chi connectivity index (χ1n) is 13.8. The van der Waals surface area contributed by atoms with E-state index < -0.39 is 29.7 Å². The number of hydrogen-bond acceptors (Lipinski definition) is 8. The second-order valence-electron chi connectivity index (χ2n) is 11.2. The molecule has 0 bridgehead atoms. The average molecular weight is 595 g/mol. The quantitative estimate of drug-likeness (QED) is 0.164. The molecule has 0 aliphatic carbocycles. The Bertz CT molecular complexity index is 1010. The van der Waals surface area contributed by atoms with Crippen molar-refractivity contribution < 1.29 is 29.1 Å². The first-order chi connectivity index (χ1) is 19.0. The van der Waals surface area contributed by atoms with Crippen LogP contribution in [0.2, 0.25) is 0 Å². The van der Waals surface area contributed by atoms with E-state index in [0.29, 0.717) is 25.9 Å². The van der Waals surface area contributed by atoms with Crippen LogP contribution < -0.4 is 16.1 Å². The lowest BCUT2D eigenvalue weighted by molar-refractivity contribution is -0.140. The number of amides is 4. The Morgan fingerprint density at radius 1 is 1.07 bits per heavy atom. The predicted molar refractivity (Wildman–Crippen MR) is 157 cm³/mol. The van der Waals surface area contributed by atoms with Crippen LogP contribution in [0.5, 0.6) is 0 Å². The summed E-state index contributed by atoms with van der Waals surface area (Å²) < 4.78 is 5.23. The molecule has 2 saturated heterocycles. The number of benzene rings is 1. The monoisotopic (exact) mass is 594 g/mol. The van der Waals surface area contributed by atoms with Gasteiger partial charge in [-0.25, -0.2) is 10.3 Å². The van der Waals surface area contributed by atoms with E-state index in [2.05, 4.69) is 10.6 Å². The molecule has 3 rings (SSSR count). The number of nitrogens with one attached hydrogen (secondary N) is 3. The van der Waals surface area contributed by atoms with E-state index in [4.69, 9.17) is 9.94 Å². The predicted octanol–water partition coefficient (Wildman–Crippen LogP) is 3.47. The maximum absolute atomic E-state index is 14.0. The second-order valence-corrected chi connectivity index (χ2v) is 14.4. The van der Waals surface area contributed by atoms with Crippen LogP contribution in [0.3, 0.4) is 0 Å². The number of carbonyl (C=O) groups excluding carboxylic acids is 4. The van der Waals surface area contributed by atoms with Crippen LogP contribution in [-0.4, -0.2) is 80.3 Å². The lowest BCUT2D eigenvalue weighted by Gasteiger charge is -2.30. The number of unbranched alkanes of at least 4 members (excludes halogenated alkanes) is 3. The van der Waals surface area contributed by atoms with Gasteiger partial charge in [0.05, 0.1) is 4.08 Å². The van der Waals surface area contributed by atoms with Gasteiger partial charge in [0.1, 0.15) is 17.7 Å². The molecular formula is C28H42N4O6S2. The topological polar surface area (TPSA) is 137 Å². The van der Waals surface area contributed by atoms with Crippen molar-refractivity contribution in [2.75, 3.05) is 24.6 Å². The van der Waals surface area contributed by atoms with Crippen molar-refractivity contribution in [3.63, 3.8) is 0 Å². The number of hydrogen-bond donors (Lipinski definition) is 4. The first-order valence-corrected chi connectivity index (χ1v) is 15.8. The summed E-state index contributed by atoms with van der Waals surface area (Å²) in [5, 5.41) is 14.4. The van der Waals surface area contributed by atoms with Crippen LogP contribution in [0.4, 0.5) is 4.79 Å². The molecule has 0 unspecified atom stereocenters. The Morgan fingerprint density at radius 2 is 1.75 bits per heavy atom. The van der Waals surface area contributed by atoms with Crippen molar-refractivity contribution in [2.45, 2.75) is 87.5 Å². The van der Waals surface area contributed by atoms with Gasteiger partial charge in [-0.15, -0.1) is 23.5 Å². The van der Waals surface area contributed by atoms with Gasteiger partial charge in [-0.3, -0.25) is 19.6 Å². The van der Waals surface area contributed by atoms with E-state index >= 15 is 0 Å². The number of thioether (sulfide) groups is 2. The van der Waals surface area contributed by atoms with E-state index in [1.165, 1.54) is 0 Å². The second kappa shape index (κ2) is 15.0. The molecule has 0 radical (unpaired) electrons. The summed E-state index contributed by atoms with van der Waals surface area (Å²) in [6, 6.07) is 7.98. The third kappa shape index (κ3) is 9.88. The molecule has 0 aromatic heterocycles. The lowest BCUT2D eigenvalue weighted by Crippen LogP contribution is -2.55. The fourth-order valence-corrected chi connectivity index (χ4v) is 8.12. The van der Waals surface area contributed by atoms with Gasteiger partial charge >= 0.3 is 6.09 Å². The van der Waals surface area contributed by atoms with Crippen molar-refractivity contribution in [1.29, 1.82) is 0 Å². The van der Waals surface area contributed by atoms with Gasteiger partial charge in [0.15, 0.2) is 0 Å². The molecule has 2 heterocycles. The number of rotatable bonds is 12. The highest BCUT2D eigenvalue weighted by Gasteiger charge is 2.52. The molecule has 2 aliphatic heterocycles. The molecule has 40 heavy (non-hydrogen) atoms. The highest BCUT2D eigenvalue weighted by Crippen LogP contribution is 2.51. The molecule has 1 spiro atoms. The zero-order chi connectivity index (χ0) is 29.2. The molecule has 4 amide bonds. The van der Waals surface area contributed by atoms with Crippen LogP contribution in [0.15, 0.2) is 30.3 Å². The Balaban J connectivity index is 1.67. The number of hydroxylamine groups is 1. The van der Waals surface area contributed by atoms with Crippen LogP contribution in [0.1, 0.15) is 64.9 Å². The summed E-state index contributed by atoms with van der Waals surface area (Å²) in [7, 11) is 0. The third-order valence-corrected chi connectivity index (χ3v) is 10.1. The molecule has 1 aromatic carbocycles. The van der Waals surface area contributed by atoms with E-state index in [-0.39, 0.29) is 28.7 Å². The van der Waals surface area contributed by atoms with E-state index in [0.717, 1.165) is 36.3 Å². The van der Waals surface area contributed by atoms with E-state index in [9.17, 15) is 19.2 Å². The molecular weight excluding hydrogens is 552 g/mol. The molecule has 1 aromatic rings. The van der Waals surface area contributed by atoms with Crippen molar-refractivity contribution >= 4 is 47.3 Å². The van der Waals surface area contributed by atoms with Crippen molar-refractivity contribution in [3.05, 3.63) is 35.9 Å². The zero-order valence-electron chi connectivity index (χ0n) is 23.6. The van der Waals surface area contributed by atoms with Crippen LogP contribution >= 0.6 is 23.5 Å². The van der Waals surface area contributed by atoms with Gasteiger partial charge in [0.25, 0.3) is 0 Å². The van der Waals surface area contributed by atoms with E-state index in [1.54, 1.807) is 54.7 Å². The summed E-state index contributed by atoms with van der Waals surface area (Å²) in [6.45, 7) is 6.22. The number of carbonyl (C=O) groups is 4. The summed E-state index contributed by atoms with van der Waals surface area (Å²) in [4.78, 5) is 52.9. The number of likely N-dealkylation sites (tertiary alicyclic amines) is 1. The largest absolute Gasteiger partial charge is 0.444 e. The summed E-state index contributed by atoms with van der Waals surface area (Å²) in [5.41, 5.74) is 1.81. The number of alkyl carbamates (subject to hydrolysis) is 1. The molecule has 2 aliphatic rings. The minimum atomic E-state index is -0.879. The molecule has 222 valence electrons. The van der Waals surface area contributed by atoms with Gasteiger partial charge in [0, 0.05) is 43.9 Å². The average Bonchev–Trinajstić information content (AvgIpc) is 3.53. The van der Waals surface area contributed by atoms with Gasteiger partial charge < -0.3 is 20.3 Å². The molecule has 0 saturated carbocycles. The molecule has 12 heteroatoms. The number of ether oxygens (including phenoxy) is 1. The van der Waals surface area contributed by atoms with Gasteiger partial charge in [-0.2, -0.15) is 0 Å². The Labute approximate surface area is 245 Å². The minimum absolute atomic E-state index is 0.186. The lowest BCUT2D eigenvalue weighted by atomic mass is 10.0. The highest BCUT2D eigenvalue weighted by molar-refractivity contribution is 8.21. The summed E-state index contributed by atoms with van der Waals surface area (Å²) >= 11 is 3.60.